The molecule has 2 rings (SSSR count). The first-order chi connectivity index (χ1) is 8.19. The van der Waals surface area contributed by atoms with Gasteiger partial charge in [0.1, 0.15) is 11.5 Å². The Hall–Kier alpha value is -0.810. The van der Waals surface area contributed by atoms with E-state index in [1.54, 1.807) is 0 Å². The van der Waals surface area contributed by atoms with Crippen LogP contribution in [-0.4, -0.2) is 13.1 Å². The van der Waals surface area contributed by atoms with E-state index in [4.69, 9.17) is 4.42 Å². The molecule has 1 atom stereocenters. The number of nitrogens with one attached hydrogen (secondary N) is 1. The van der Waals surface area contributed by atoms with Crippen molar-refractivity contribution < 1.29 is 4.42 Å². The highest BCUT2D eigenvalue weighted by atomic mass is 127. The number of furan rings is 1. The number of hydrogen-bond acceptors (Lipinski definition) is 2. The van der Waals surface area contributed by atoms with Crippen LogP contribution >= 0.6 is 22.6 Å². The molecule has 0 spiro atoms. The molecule has 1 unspecified atom stereocenters. The number of benzene rings is 1. The highest BCUT2D eigenvalue weighted by Crippen LogP contribution is 2.24. The predicted molar refractivity (Wildman–Crippen MR) is 79.1 cm³/mol. The Balaban J connectivity index is 2.18. The Kier molecular flexibility index (Phi) is 4.23. The summed E-state index contributed by atoms with van der Waals surface area (Å²) in [5, 5.41) is 3.21. The van der Waals surface area contributed by atoms with Crippen molar-refractivity contribution in [3.8, 4) is 11.3 Å². The van der Waals surface area contributed by atoms with Crippen LogP contribution in [0.4, 0.5) is 0 Å². The second-order valence-electron chi connectivity index (χ2n) is 4.17. The van der Waals surface area contributed by atoms with E-state index in [0.717, 1.165) is 23.5 Å². The Morgan fingerprint density at radius 3 is 2.82 bits per heavy atom. The monoisotopic (exact) mass is 341 g/mol. The first-order valence-corrected chi connectivity index (χ1v) is 6.79. The van der Waals surface area contributed by atoms with Gasteiger partial charge in [-0.3, -0.25) is 0 Å². The van der Waals surface area contributed by atoms with Gasteiger partial charge in [0.2, 0.25) is 0 Å². The molecular formula is C14H16INO. The molecular weight excluding hydrogens is 325 g/mol. The SMILES string of the molecule is CNC(C)Cc1ccc(-c2cccc(I)c2)o1. The second kappa shape index (κ2) is 5.69. The van der Waals surface area contributed by atoms with Gasteiger partial charge >= 0.3 is 0 Å². The molecule has 2 aromatic rings. The van der Waals surface area contributed by atoms with Gasteiger partial charge in [0.05, 0.1) is 0 Å². The number of rotatable bonds is 4. The van der Waals surface area contributed by atoms with Gasteiger partial charge in [-0.1, -0.05) is 12.1 Å². The molecule has 17 heavy (non-hydrogen) atoms. The van der Waals surface area contributed by atoms with Gasteiger partial charge in [-0.2, -0.15) is 0 Å². The average molecular weight is 341 g/mol. The minimum Gasteiger partial charge on any atom is -0.461 e. The van der Waals surface area contributed by atoms with E-state index >= 15 is 0 Å². The molecule has 0 fully saturated rings. The quantitative estimate of drug-likeness (QED) is 0.858. The molecule has 1 heterocycles. The summed E-state index contributed by atoms with van der Waals surface area (Å²) in [6.07, 6.45) is 0.917. The van der Waals surface area contributed by atoms with E-state index < -0.39 is 0 Å². The summed E-state index contributed by atoms with van der Waals surface area (Å²) < 4.78 is 7.08. The minimum atomic E-state index is 0.435. The first-order valence-electron chi connectivity index (χ1n) is 5.71. The van der Waals surface area contributed by atoms with Gasteiger partial charge < -0.3 is 9.73 Å². The third kappa shape index (κ3) is 3.33. The van der Waals surface area contributed by atoms with E-state index in [0.29, 0.717) is 6.04 Å². The van der Waals surface area contributed by atoms with Crippen LogP contribution in [0, 0.1) is 3.57 Å². The normalized spacial score (nSPS) is 12.6. The van der Waals surface area contributed by atoms with Gasteiger partial charge in [0.25, 0.3) is 0 Å². The van der Waals surface area contributed by atoms with E-state index in [-0.39, 0.29) is 0 Å². The lowest BCUT2D eigenvalue weighted by Crippen LogP contribution is -2.23. The second-order valence-corrected chi connectivity index (χ2v) is 5.42. The maximum Gasteiger partial charge on any atom is 0.134 e. The summed E-state index contributed by atoms with van der Waals surface area (Å²) in [5.74, 6) is 1.97. The maximum atomic E-state index is 5.85. The van der Waals surface area contributed by atoms with Crippen LogP contribution in [0.5, 0.6) is 0 Å². The Morgan fingerprint density at radius 1 is 1.29 bits per heavy atom. The van der Waals surface area contributed by atoms with Crippen LogP contribution < -0.4 is 5.32 Å². The fraction of sp³-hybridized carbons (Fsp3) is 0.286. The molecule has 0 saturated heterocycles. The summed E-state index contributed by atoms with van der Waals surface area (Å²) in [4.78, 5) is 0. The first kappa shape index (κ1) is 12.6. The van der Waals surface area contributed by atoms with Crippen LogP contribution in [0.3, 0.4) is 0 Å². The third-order valence-corrected chi connectivity index (χ3v) is 3.44. The van der Waals surface area contributed by atoms with Gasteiger partial charge in [0, 0.05) is 21.6 Å². The molecule has 0 amide bonds. The topological polar surface area (TPSA) is 25.2 Å². The fourth-order valence-corrected chi connectivity index (χ4v) is 2.23. The zero-order chi connectivity index (χ0) is 12.3. The molecule has 3 heteroatoms. The molecule has 90 valence electrons. The standard InChI is InChI=1S/C14H16INO/c1-10(16-2)8-13-6-7-14(17-13)11-4-3-5-12(15)9-11/h3-7,9-10,16H,8H2,1-2H3. The zero-order valence-electron chi connectivity index (χ0n) is 10.0. The molecule has 0 saturated carbocycles. The van der Waals surface area contributed by atoms with Crippen molar-refractivity contribution in [1.29, 1.82) is 0 Å². The molecule has 0 aliphatic carbocycles. The zero-order valence-corrected chi connectivity index (χ0v) is 12.2. The Bertz CT molecular complexity index is 492. The van der Waals surface area contributed by atoms with Crippen LogP contribution in [0.2, 0.25) is 0 Å². The summed E-state index contributed by atoms with van der Waals surface area (Å²) >= 11 is 2.31. The van der Waals surface area contributed by atoms with Crippen LogP contribution in [0.25, 0.3) is 11.3 Å². The molecule has 0 bridgehead atoms. The van der Waals surface area contributed by atoms with Crippen molar-refractivity contribution in [3.63, 3.8) is 0 Å². The lowest BCUT2D eigenvalue weighted by molar-refractivity contribution is 0.481. The van der Waals surface area contributed by atoms with Gasteiger partial charge in [-0.25, -0.2) is 0 Å². The fourth-order valence-electron chi connectivity index (χ4n) is 1.69. The van der Waals surface area contributed by atoms with Gasteiger partial charge in [0.15, 0.2) is 0 Å². The van der Waals surface area contributed by atoms with Gasteiger partial charge in [-0.05, 0) is 60.8 Å². The molecule has 1 N–H and O–H groups in total. The highest BCUT2D eigenvalue weighted by Gasteiger charge is 2.07. The number of hydrogen-bond donors (Lipinski definition) is 1. The molecule has 1 aromatic carbocycles. The predicted octanol–water partition coefficient (Wildman–Crippen LogP) is 3.70. The average Bonchev–Trinajstić information content (AvgIpc) is 2.77. The lowest BCUT2D eigenvalue weighted by Gasteiger charge is -2.06. The van der Waals surface area contributed by atoms with Crippen molar-refractivity contribution in [2.75, 3.05) is 7.05 Å². The molecule has 2 nitrogen and oxygen atoms in total. The van der Waals surface area contributed by atoms with E-state index in [2.05, 4.69) is 65.2 Å². The van der Waals surface area contributed by atoms with Crippen LogP contribution in [0.15, 0.2) is 40.8 Å². The Morgan fingerprint density at radius 2 is 2.12 bits per heavy atom. The third-order valence-electron chi connectivity index (χ3n) is 2.77. The van der Waals surface area contributed by atoms with Crippen molar-refractivity contribution >= 4 is 22.6 Å². The summed E-state index contributed by atoms with van der Waals surface area (Å²) in [7, 11) is 1.97. The maximum absolute atomic E-state index is 5.85. The molecule has 0 radical (unpaired) electrons. The molecule has 1 aromatic heterocycles. The van der Waals surface area contributed by atoms with E-state index in [1.165, 1.54) is 3.57 Å². The molecule has 0 aliphatic rings. The van der Waals surface area contributed by atoms with Gasteiger partial charge in [-0.15, -0.1) is 0 Å². The van der Waals surface area contributed by atoms with Crippen molar-refractivity contribution in [3.05, 3.63) is 45.7 Å². The van der Waals surface area contributed by atoms with Crippen LogP contribution in [0.1, 0.15) is 12.7 Å². The highest BCUT2D eigenvalue weighted by molar-refractivity contribution is 14.1. The van der Waals surface area contributed by atoms with Crippen molar-refractivity contribution in [2.24, 2.45) is 0 Å². The summed E-state index contributed by atoms with van der Waals surface area (Å²) in [5.41, 5.74) is 1.14. The minimum absolute atomic E-state index is 0.435. The largest absolute Gasteiger partial charge is 0.461 e. The van der Waals surface area contributed by atoms with Crippen molar-refractivity contribution in [1.82, 2.24) is 5.32 Å². The van der Waals surface area contributed by atoms with Crippen LogP contribution in [-0.2, 0) is 6.42 Å². The number of halogens is 1. The molecule has 0 aliphatic heterocycles. The number of likely N-dealkylation sites (N-methyl/N-ethyl adjacent to an activating group) is 1. The Labute approximate surface area is 116 Å². The van der Waals surface area contributed by atoms with E-state index in [9.17, 15) is 0 Å². The smallest absolute Gasteiger partial charge is 0.134 e. The lowest BCUT2D eigenvalue weighted by atomic mass is 10.2. The summed E-state index contributed by atoms with van der Waals surface area (Å²) in [6.45, 7) is 2.15. The van der Waals surface area contributed by atoms with E-state index in [1.807, 2.05) is 13.1 Å². The van der Waals surface area contributed by atoms with Crippen molar-refractivity contribution in [2.45, 2.75) is 19.4 Å². The summed E-state index contributed by atoms with van der Waals surface area (Å²) in [6, 6.07) is 12.9.